The molecule has 0 spiro atoms. The Balaban J connectivity index is 0.00000105. The normalized spacial score (nSPS) is 16.9. The van der Waals surface area contributed by atoms with Crippen LogP contribution in [0.1, 0.15) is 123 Å². The molecule has 69 heavy (non-hydrogen) atoms. The maximum absolute atomic E-state index is 13.0. The quantitative estimate of drug-likeness (QED) is 0.0273. The van der Waals surface area contributed by atoms with E-state index in [-0.39, 0.29) is 183 Å². The fraction of sp³-hybridized carbons (Fsp3) is 0.465. The van der Waals surface area contributed by atoms with Crippen LogP contribution in [0.2, 0.25) is 0 Å². The first-order valence-electron chi connectivity index (χ1n) is 20.7. The minimum Gasteiger partial charge on any atom is -1.00 e. The first kappa shape index (κ1) is 63.3. The molecule has 5 N–H and O–H groups in total. The number of nitrogens with one attached hydrogen (secondary N) is 4. The maximum atomic E-state index is 13.0. The van der Waals surface area contributed by atoms with Crippen LogP contribution in [0.4, 0.5) is 9.59 Å². The molecule has 0 aromatic heterocycles. The Labute approximate surface area is 491 Å². The number of amides is 10. The largest absolute Gasteiger partial charge is 1.00 e. The molecule has 0 aliphatic carbocycles. The molecule has 26 heteroatoms. The van der Waals surface area contributed by atoms with Crippen molar-refractivity contribution in [1.82, 2.24) is 31.1 Å². The molecule has 4 aliphatic heterocycles. The van der Waals surface area contributed by atoms with Crippen molar-refractivity contribution < 1.29 is 186 Å². The van der Waals surface area contributed by atoms with Gasteiger partial charge in [-0.25, -0.2) is 9.59 Å². The molecule has 4 aliphatic rings. The minimum absolute atomic E-state index is 0. The third-order valence-corrected chi connectivity index (χ3v) is 9.70. The molecule has 0 saturated carbocycles. The molecule has 6 rings (SSSR count). The van der Waals surface area contributed by atoms with Crippen LogP contribution in [-0.2, 0) is 38.3 Å². The van der Waals surface area contributed by atoms with Gasteiger partial charge >= 0.3 is 115 Å². The van der Waals surface area contributed by atoms with E-state index in [0.717, 1.165) is 21.6 Å². The Bertz CT molecular complexity index is 2260. The van der Waals surface area contributed by atoms with Crippen molar-refractivity contribution in [3.8, 4) is 11.5 Å². The number of ether oxygens (including phenoxy) is 3. The van der Waals surface area contributed by atoms with Gasteiger partial charge in [0.15, 0.2) is 0 Å². The van der Waals surface area contributed by atoms with E-state index in [4.69, 9.17) is 24.3 Å². The van der Waals surface area contributed by atoms with Crippen LogP contribution in [0.25, 0.3) is 0 Å². The molecule has 2 aromatic rings. The first-order valence-corrected chi connectivity index (χ1v) is 21.8. The number of aromatic hydroxyl groups is 1. The van der Waals surface area contributed by atoms with Crippen molar-refractivity contribution in [2.24, 2.45) is 0 Å². The molecule has 2 unspecified atom stereocenters. The summed E-state index contributed by atoms with van der Waals surface area (Å²) in [5.41, 5.74) is -0.774. The van der Waals surface area contributed by atoms with E-state index in [1.54, 1.807) is 32.9 Å². The van der Waals surface area contributed by atoms with Crippen molar-refractivity contribution in [3.05, 3.63) is 58.7 Å². The van der Waals surface area contributed by atoms with Crippen LogP contribution in [0.3, 0.4) is 0 Å². The molecular weight excluding hydrogens is 1030 g/mol. The van der Waals surface area contributed by atoms with Gasteiger partial charge in [-0.1, -0.05) is 28.1 Å². The average Bonchev–Trinajstić information content (AvgIpc) is 3.64. The van der Waals surface area contributed by atoms with E-state index in [2.05, 4.69) is 42.1 Å². The van der Waals surface area contributed by atoms with E-state index >= 15 is 0 Å². The number of phenols is 1. The number of piperidine rings is 2. The van der Waals surface area contributed by atoms with Crippen molar-refractivity contribution in [1.29, 1.82) is 0 Å². The molecule has 0 bridgehead atoms. The van der Waals surface area contributed by atoms with E-state index in [1.165, 1.54) is 24.3 Å². The van der Waals surface area contributed by atoms with Crippen LogP contribution < -0.4 is 134 Å². The van der Waals surface area contributed by atoms with Crippen LogP contribution in [0, 0.1) is 0 Å². The Kier molecular flexibility index (Phi) is 27.2. The number of phenolic OH excluding ortho intramolecular Hbond substituents is 1. The summed E-state index contributed by atoms with van der Waals surface area (Å²) in [7, 11) is 0. The van der Waals surface area contributed by atoms with Crippen LogP contribution in [0.5, 0.6) is 11.5 Å². The maximum Gasteiger partial charge on any atom is 1.00 e. The van der Waals surface area contributed by atoms with Crippen LogP contribution in [-0.4, -0.2) is 129 Å². The van der Waals surface area contributed by atoms with Crippen LogP contribution >= 0.6 is 15.9 Å². The Hall–Kier alpha value is -3.68. The number of carbonyl (C=O) groups is 11. The van der Waals surface area contributed by atoms with Gasteiger partial charge in [-0.15, -0.1) is 0 Å². The molecule has 2 aromatic carbocycles. The Morgan fingerprint density at radius 2 is 1.16 bits per heavy atom. The number of benzene rings is 2. The van der Waals surface area contributed by atoms with Gasteiger partial charge < -0.3 is 41.5 Å². The number of rotatable bonds is 11. The standard InChI is InChI=1S/C21H25N3O7.C13H10N2O5.C8H16BrNO2.CH2O3.2K.H/c1-21(2,3)31-20(29)22-10-5-11-30-14-7-4-6-12-16(14)19(28)24(18(12)27)13-8-9-15(25)23-17(13)26;16-8-3-1-2-6-10(8)13(20)15(12(6)19)7-4-5-9(17)14-11(7)18;1-8(2,3)12-7(11)10-6-4-5-9;2-1-4-3;;;/h4,6-7,13H,5,8-11H2,1-3H3,(H,22,29)(H,23,25,26);1-3,7,16H,4-5H2,(H,14,17,18);4-6H2,1-3H3,(H,10,11);1,3H;;;/q;;;;2*+1;-1/p-1. The fourth-order valence-electron chi connectivity index (χ4n) is 6.43. The molecule has 4 heterocycles. The molecule has 2 saturated heterocycles. The van der Waals surface area contributed by atoms with Gasteiger partial charge in [-0.2, -0.15) is 0 Å². The van der Waals surface area contributed by atoms with E-state index in [9.17, 15) is 53.1 Å². The summed E-state index contributed by atoms with van der Waals surface area (Å²) in [4.78, 5) is 132. The summed E-state index contributed by atoms with van der Waals surface area (Å²) in [6.45, 7) is 11.8. The molecule has 366 valence electrons. The smallest absolute Gasteiger partial charge is 1.00 e. The number of nitrogens with zero attached hydrogens (tertiary/aromatic N) is 2. The number of hydrogen-bond donors (Lipinski definition) is 5. The minimum atomic E-state index is -1.03. The molecular formula is C43H53BrK2N6O17. The van der Waals surface area contributed by atoms with E-state index in [0.29, 0.717) is 19.5 Å². The zero-order valence-corrected chi connectivity index (χ0v) is 47.4. The summed E-state index contributed by atoms with van der Waals surface area (Å²) in [5, 5.41) is 28.5. The topological polar surface area (TPSA) is 323 Å². The van der Waals surface area contributed by atoms with Gasteiger partial charge in [0.05, 0.1) is 28.9 Å². The van der Waals surface area contributed by atoms with Crippen molar-refractivity contribution in [2.75, 3.05) is 25.0 Å². The van der Waals surface area contributed by atoms with Gasteiger partial charge in [-0.3, -0.25) is 63.6 Å². The number of imide groups is 4. The molecule has 10 amide bonds. The van der Waals surface area contributed by atoms with E-state index < -0.39 is 76.6 Å². The monoisotopic (exact) mass is 1080 g/mol. The second-order valence-corrected chi connectivity index (χ2v) is 17.4. The Morgan fingerprint density at radius 3 is 1.57 bits per heavy atom. The third-order valence-electron chi connectivity index (χ3n) is 9.14. The van der Waals surface area contributed by atoms with Gasteiger partial charge in [0.2, 0.25) is 23.6 Å². The predicted molar refractivity (Wildman–Crippen MR) is 233 cm³/mol. The van der Waals surface area contributed by atoms with Gasteiger partial charge in [0.1, 0.15) is 34.8 Å². The van der Waals surface area contributed by atoms with Gasteiger partial charge in [0, 0.05) is 31.3 Å². The summed E-state index contributed by atoms with van der Waals surface area (Å²) in [5.74, 6) is -4.82. The van der Waals surface area contributed by atoms with E-state index in [1.807, 2.05) is 20.8 Å². The number of hydrogen-bond acceptors (Lipinski definition) is 17. The fourth-order valence-corrected chi connectivity index (χ4v) is 6.71. The second kappa shape index (κ2) is 29.6. The summed E-state index contributed by atoms with van der Waals surface area (Å²) < 4.78 is 15.8. The van der Waals surface area contributed by atoms with Crippen molar-refractivity contribution >= 4 is 81.8 Å². The zero-order valence-electron chi connectivity index (χ0n) is 40.5. The van der Waals surface area contributed by atoms with Crippen molar-refractivity contribution in [2.45, 2.75) is 103 Å². The number of carbonyl (C=O) groups excluding carboxylic acids is 11. The third kappa shape index (κ3) is 19.1. The van der Waals surface area contributed by atoms with Crippen LogP contribution in [0.15, 0.2) is 36.4 Å². The second-order valence-electron chi connectivity index (χ2n) is 16.6. The number of alkyl halides is 1. The predicted octanol–water partition coefficient (Wildman–Crippen LogP) is -3.97. The Morgan fingerprint density at radius 1 is 0.739 bits per heavy atom. The average molecular weight is 1080 g/mol. The van der Waals surface area contributed by atoms with Crippen molar-refractivity contribution in [3.63, 3.8) is 0 Å². The number of fused-ring (bicyclic) bond motifs is 2. The van der Waals surface area contributed by atoms with Gasteiger partial charge in [0.25, 0.3) is 30.1 Å². The zero-order chi connectivity index (χ0) is 50.2. The summed E-state index contributed by atoms with van der Waals surface area (Å²) in [6, 6.07) is 6.78. The summed E-state index contributed by atoms with van der Waals surface area (Å²) in [6.07, 6.45) is 0.783. The first-order chi connectivity index (χ1) is 31.5. The molecule has 0 radical (unpaired) electrons. The molecule has 2 fully saturated rings. The molecule has 2 atom stereocenters. The number of alkyl carbamates (subject to hydrolysis) is 2. The number of halogens is 1. The molecule has 23 nitrogen and oxygen atoms in total. The SMILES string of the molecule is CC(C)(C)OC(=O)NCCCBr.CC(C)(C)OC(=O)NCCCOc1cccc2c1C(=O)N(C1CCC(=O)NC1=O)C2=O.O=C1CCC(N2C(=O)c3cccc(O)c3C2=O)C(=O)N1.O=CO[O-].[H-].[K+].[K+]. The van der Waals surface area contributed by atoms with Gasteiger partial charge in [-0.05, 0) is 91.5 Å². The summed E-state index contributed by atoms with van der Waals surface area (Å²) >= 11 is 3.27.